The zero-order chi connectivity index (χ0) is 12.7. The molecule has 90 valence electrons. The van der Waals surface area contributed by atoms with Gasteiger partial charge in [0, 0.05) is 25.5 Å². The highest BCUT2D eigenvalue weighted by Crippen LogP contribution is 2.05. The molecule has 0 aliphatic heterocycles. The second-order valence-electron chi connectivity index (χ2n) is 3.82. The fourth-order valence-corrected chi connectivity index (χ4v) is 1.45. The second-order valence-corrected chi connectivity index (χ2v) is 3.82. The Hall–Kier alpha value is -1.93. The van der Waals surface area contributed by atoms with Crippen molar-refractivity contribution in [1.29, 1.82) is 5.26 Å². The number of hydrogen-bond donors (Lipinski definition) is 1. The van der Waals surface area contributed by atoms with E-state index in [0.717, 1.165) is 5.56 Å². The monoisotopic (exact) mass is 232 g/mol. The van der Waals surface area contributed by atoms with Crippen molar-refractivity contribution < 1.29 is 4.79 Å². The van der Waals surface area contributed by atoms with Gasteiger partial charge in [-0.1, -0.05) is 6.07 Å². The minimum Gasteiger partial charge on any atom is -0.336 e. The van der Waals surface area contributed by atoms with Gasteiger partial charge in [0.2, 0.25) is 5.91 Å². The largest absolute Gasteiger partial charge is 0.336 e. The number of hydrogen-bond acceptors (Lipinski definition) is 4. The van der Waals surface area contributed by atoms with Crippen LogP contribution in [0.25, 0.3) is 0 Å². The Balaban J connectivity index is 2.70. The number of carbonyl (C=O) groups excluding carboxylic acids is 1. The predicted molar refractivity (Wildman–Crippen MR) is 63.5 cm³/mol. The minimum absolute atomic E-state index is 0.149. The summed E-state index contributed by atoms with van der Waals surface area (Å²) >= 11 is 0. The number of carbonyl (C=O) groups is 1. The van der Waals surface area contributed by atoms with Crippen LogP contribution < -0.4 is 5.73 Å². The van der Waals surface area contributed by atoms with Gasteiger partial charge in [0.1, 0.15) is 0 Å². The molecule has 0 saturated heterocycles. The van der Waals surface area contributed by atoms with E-state index in [4.69, 9.17) is 11.0 Å². The molecule has 0 aromatic carbocycles. The van der Waals surface area contributed by atoms with E-state index in [2.05, 4.69) is 4.98 Å². The standard InChI is InChI=1S/C12H16N4O/c1-10(14)12(17)16(7-3-5-13)9-11-4-2-6-15-8-11/h2,4,6,8,10H,3,7,9,14H2,1H3/t10-/m1/s1. The minimum atomic E-state index is -0.551. The lowest BCUT2D eigenvalue weighted by Crippen LogP contribution is -2.42. The Labute approximate surface area is 101 Å². The summed E-state index contributed by atoms with van der Waals surface area (Å²) < 4.78 is 0. The van der Waals surface area contributed by atoms with Crippen molar-refractivity contribution >= 4 is 5.91 Å². The Morgan fingerprint density at radius 1 is 1.71 bits per heavy atom. The lowest BCUT2D eigenvalue weighted by atomic mass is 10.2. The van der Waals surface area contributed by atoms with Crippen LogP contribution in [0.3, 0.4) is 0 Å². The molecule has 1 amide bonds. The van der Waals surface area contributed by atoms with Gasteiger partial charge in [-0.15, -0.1) is 0 Å². The van der Waals surface area contributed by atoms with Crippen molar-refractivity contribution in [2.24, 2.45) is 5.73 Å². The van der Waals surface area contributed by atoms with Crippen molar-refractivity contribution in [3.8, 4) is 6.07 Å². The Morgan fingerprint density at radius 3 is 3.00 bits per heavy atom. The fraction of sp³-hybridized carbons (Fsp3) is 0.417. The normalized spacial score (nSPS) is 11.6. The zero-order valence-corrected chi connectivity index (χ0v) is 9.84. The molecule has 1 aromatic heterocycles. The maximum absolute atomic E-state index is 11.8. The van der Waals surface area contributed by atoms with Crippen LogP contribution in [0, 0.1) is 11.3 Å². The first-order valence-electron chi connectivity index (χ1n) is 5.45. The maximum Gasteiger partial charge on any atom is 0.239 e. The van der Waals surface area contributed by atoms with Crippen LogP contribution in [-0.2, 0) is 11.3 Å². The van der Waals surface area contributed by atoms with Gasteiger partial charge in [-0.25, -0.2) is 0 Å². The van der Waals surface area contributed by atoms with Gasteiger partial charge in [-0.2, -0.15) is 5.26 Å². The molecule has 2 N–H and O–H groups in total. The van der Waals surface area contributed by atoms with Crippen LogP contribution in [0.15, 0.2) is 24.5 Å². The van der Waals surface area contributed by atoms with Gasteiger partial charge in [0.05, 0.1) is 18.5 Å². The SMILES string of the molecule is C[C@@H](N)C(=O)N(CCC#N)Cc1cccnc1. The van der Waals surface area contributed by atoms with Crippen LogP contribution >= 0.6 is 0 Å². The molecule has 0 spiro atoms. The van der Waals surface area contributed by atoms with Crippen LogP contribution in [0.1, 0.15) is 18.9 Å². The predicted octanol–water partition coefficient (Wildman–Crippen LogP) is 0.671. The molecule has 0 saturated carbocycles. The third kappa shape index (κ3) is 4.21. The van der Waals surface area contributed by atoms with Crippen molar-refractivity contribution in [3.05, 3.63) is 30.1 Å². The fourth-order valence-electron chi connectivity index (χ4n) is 1.45. The van der Waals surface area contributed by atoms with Gasteiger partial charge in [-0.3, -0.25) is 9.78 Å². The molecule has 1 rings (SSSR count). The maximum atomic E-state index is 11.8. The number of nitrogens with two attached hydrogens (primary N) is 1. The van der Waals surface area contributed by atoms with Gasteiger partial charge in [0.25, 0.3) is 0 Å². The van der Waals surface area contributed by atoms with E-state index in [9.17, 15) is 4.79 Å². The third-order valence-electron chi connectivity index (χ3n) is 2.29. The molecule has 0 radical (unpaired) electrons. The topological polar surface area (TPSA) is 83.0 Å². The summed E-state index contributed by atoms with van der Waals surface area (Å²) in [5, 5.41) is 8.57. The summed E-state index contributed by atoms with van der Waals surface area (Å²) in [6, 6.07) is 5.18. The second kappa shape index (κ2) is 6.61. The Kier molecular flexibility index (Phi) is 5.11. The molecule has 1 aromatic rings. The van der Waals surface area contributed by atoms with Gasteiger partial charge < -0.3 is 10.6 Å². The van der Waals surface area contributed by atoms with E-state index in [-0.39, 0.29) is 5.91 Å². The van der Waals surface area contributed by atoms with E-state index in [1.165, 1.54) is 0 Å². The van der Waals surface area contributed by atoms with Crippen LogP contribution in [0.5, 0.6) is 0 Å². The lowest BCUT2D eigenvalue weighted by molar-refractivity contribution is -0.132. The number of aromatic nitrogens is 1. The van der Waals surface area contributed by atoms with Crippen molar-refractivity contribution in [3.63, 3.8) is 0 Å². The lowest BCUT2D eigenvalue weighted by Gasteiger charge is -2.23. The average molecular weight is 232 g/mol. The first-order chi connectivity index (χ1) is 8.15. The number of nitrogens with zero attached hydrogens (tertiary/aromatic N) is 3. The van der Waals surface area contributed by atoms with Crippen LogP contribution in [0.2, 0.25) is 0 Å². The first kappa shape index (κ1) is 13.1. The van der Waals surface area contributed by atoms with Crippen LogP contribution in [0.4, 0.5) is 0 Å². The molecule has 1 heterocycles. The molecule has 5 nitrogen and oxygen atoms in total. The van der Waals surface area contributed by atoms with Crippen molar-refractivity contribution in [1.82, 2.24) is 9.88 Å². The smallest absolute Gasteiger partial charge is 0.239 e. The summed E-state index contributed by atoms with van der Waals surface area (Å²) in [6.07, 6.45) is 3.68. The summed E-state index contributed by atoms with van der Waals surface area (Å²) in [5.74, 6) is -0.149. The summed E-state index contributed by atoms with van der Waals surface area (Å²) in [7, 11) is 0. The van der Waals surface area contributed by atoms with Crippen LogP contribution in [-0.4, -0.2) is 28.4 Å². The van der Waals surface area contributed by atoms with Gasteiger partial charge in [0.15, 0.2) is 0 Å². The molecule has 1 atom stereocenters. The molecular formula is C12H16N4O. The third-order valence-corrected chi connectivity index (χ3v) is 2.29. The highest BCUT2D eigenvalue weighted by molar-refractivity contribution is 5.81. The average Bonchev–Trinajstić information content (AvgIpc) is 2.34. The van der Waals surface area contributed by atoms with Crippen molar-refractivity contribution in [2.45, 2.75) is 25.9 Å². The molecule has 17 heavy (non-hydrogen) atoms. The van der Waals surface area contributed by atoms with E-state index in [1.807, 2.05) is 18.2 Å². The number of rotatable bonds is 5. The van der Waals surface area contributed by atoms with E-state index in [0.29, 0.717) is 19.5 Å². The van der Waals surface area contributed by atoms with E-state index in [1.54, 1.807) is 24.2 Å². The molecule has 0 unspecified atom stereocenters. The molecule has 0 aliphatic rings. The summed E-state index contributed by atoms with van der Waals surface area (Å²) in [5.41, 5.74) is 6.50. The quantitative estimate of drug-likeness (QED) is 0.808. The first-order valence-corrected chi connectivity index (χ1v) is 5.45. The van der Waals surface area contributed by atoms with Gasteiger partial charge >= 0.3 is 0 Å². The number of amides is 1. The van der Waals surface area contributed by atoms with Gasteiger partial charge in [-0.05, 0) is 18.6 Å². The van der Waals surface area contributed by atoms with Crippen molar-refractivity contribution in [2.75, 3.05) is 6.54 Å². The summed E-state index contributed by atoms with van der Waals surface area (Å²) in [4.78, 5) is 17.4. The zero-order valence-electron chi connectivity index (χ0n) is 9.84. The van der Waals surface area contributed by atoms with E-state index >= 15 is 0 Å². The molecule has 0 fully saturated rings. The highest BCUT2D eigenvalue weighted by Gasteiger charge is 2.17. The van der Waals surface area contributed by atoms with E-state index < -0.39 is 6.04 Å². The molecule has 0 aliphatic carbocycles. The molecular weight excluding hydrogens is 216 g/mol. The Bertz CT molecular complexity index is 397. The molecule has 5 heteroatoms. The summed E-state index contributed by atoms with van der Waals surface area (Å²) in [6.45, 7) is 2.48. The molecule has 0 bridgehead atoms. The highest BCUT2D eigenvalue weighted by atomic mass is 16.2. The number of nitriles is 1. The Morgan fingerprint density at radius 2 is 2.47 bits per heavy atom. The number of pyridine rings is 1.